The van der Waals surface area contributed by atoms with Crippen molar-refractivity contribution in [2.45, 2.75) is 6.04 Å². The van der Waals surface area contributed by atoms with Crippen LogP contribution >= 0.6 is 0 Å². The van der Waals surface area contributed by atoms with Crippen molar-refractivity contribution in [2.75, 3.05) is 0 Å². The molecule has 1 N–H and O–H groups in total. The normalized spacial score (nSPS) is 12.2. The van der Waals surface area contributed by atoms with Crippen LogP contribution < -0.4 is 5.32 Å². The topological polar surface area (TPSA) is 46.9 Å². The Morgan fingerprint density at radius 2 is 1.88 bits per heavy atom. The highest BCUT2D eigenvalue weighted by atomic mass is 19.1. The summed E-state index contributed by atoms with van der Waals surface area (Å²) in [4.78, 5) is 16.7. The van der Waals surface area contributed by atoms with Gasteiger partial charge in [-0.15, -0.1) is 0 Å². The first-order valence-corrected chi connectivity index (χ1v) is 7.90. The van der Waals surface area contributed by atoms with Crippen molar-refractivity contribution in [3.05, 3.63) is 95.8 Å². The zero-order valence-corrected chi connectivity index (χ0v) is 13.8. The molecular weight excluding hydrogens is 317 g/mol. The number of halogens is 1. The first kappa shape index (κ1) is 16.6. The summed E-state index contributed by atoms with van der Waals surface area (Å²) in [5, 5.41) is 2.98. The van der Waals surface area contributed by atoms with E-state index in [0.717, 1.165) is 17.0 Å². The Labute approximate surface area is 145 Å². The van der Waals surface area contributed by atoms with Crippen molar-refractivity contribution in [1.29, 1.82) is 0 Å². The molecule has 0 radical (unpaired) electrons. The van der Waals surface area contributed by atoms with Crippen LogP contribution in [0.2, 0.25) is 0 Å². The minimum Gasteiger partial charge on any atom is -0.339 e. The van der Waals surface area contributed by atoms with Crippen LogP contribution in [-0.2, 0) is 11.8 Å². The van der Waals surface area contributed by atoms with Crippen molar-refractivity contribution in [2.24, 2.45) is 7.05 Å². The van der Waals surface area contributed by atoms with Crippen LogP contribution in [0.3, 0.4) is 0 Å². The lowest BCUT2D eigenvalue weighted by Crippen LogP contribution is -2.29. The summed E-state index contributed by atoms with van der Waals surface area (Å²) >= 11 is 0. The highest BCUT2D eigenvalue weighted by Crippen LogP contribution is 2.20. The van der Waals surface area contributed by atoms with E-state index in [1.165, 1.54) is 18.2 Å². The summed E-state index contributed by atoms with van der Waals surface area (Å²) in [6.07, 6.45) is 6.62. The van der Waals surface area contributed by atoms with Gasteiger partial charge in [0, 0.05) is 25.5 Å². The van der Waals surface area contributed by atoms with E-state index in [1.54, 1.807) is 24.4 Å². The lowest BCUT2D eigenvalue weighted by molar-refractivity contribution is -0.117. The number of nitrogens with one attached hydrogen (secondary N) is 1. The van der Waals surface area contributed by atoms with Gasteiger partial charge in [0.1, 0.15) is 17.7 Å². The predicted octanol–water partition coefficient (Wildman–Crippen LogP) is 3.48. The van der Waals surface area contributed by atoms with E-state index in [4.69, 9.17) is 0 Å². The fourth-order valence-corrected chi connectivity index (χ4v) is 2.53. The molecule has 2 aromatic carbocycles. The summed E-state index contributed by atoms with van der Waals surface area (Å²) in [5.74, 6) is 0.191. The largest absolute Gasteiger partial charge is 0.339 e. The zero-order valence-electron chi connectivity index (χ0n) is 13.8. The van der Waals surface area contributed by atoms with Gasteiger partial charge in [0.15, 0.2) is 0 Å². The van der Waals surface area contributed by atoms with E-state index in [2.05, 4.69) is 10.3 Å². The van der Waals surface area contributed by atoms with Gasteiger partial charge in [0.2, 0.25) is 5.91 Å². The Bertz CT molecular complexity index is 869. The predicted molar refractivity (Wildman–Crippen MR) is 95.1 cm³/mol. The number of aromatic nitrogens is 2. The van der Waals surface area contributed by atoms with Crippen molar-refractivity contribution in [3.63, 3.8) is 0 Å². The third-order valence-corrected chi connectivity index (χ3v) is 3.83. The highest BCUT2D eigenvalue weighted by Gasteiger charge is 2.19. The molecule has 1 aromatic heterocycles. The lowest BCUT2D eigenvalue weighted by atomic mass is 10.1. The molecule has 1 amide bonds. The fourth-order valence-electron chi connectivity index (χ4n) is 2.53. The van der Waals surface area contributed by atoms with Gasteiger partial charge in [0.05, 0.1) is 0 Å². The molecule has 0 fully saturated rings. The van der Waals surface area contributed by atoms with E-state index in [-0.39, 0.29) is 17.8 Å². The third-order valence-electron chi connectivity index (χ3n) is 3.83. The van der Waals surface area contributed by atoms with Gasteiger partial charge < -0.3 is 9.88 Å². The molecule has 5 heteroatoms. The van der Waals surface area contributed by atoms with Crippen LogP contribution in [0, 0.1) is 5.82 Å². The van der Waals surface area contributed by atoms with Gasteiger partial charge in [-0.3, -0.25) is 4.79 Å². The number of nitrogens with zero attached hydrogens (tertiary/aromatic N) is 2. The van der Waals surface area contributed by atoms with Crippen molar-refractivity contribution in [1.82, 2.24) is 14.9 Å². The number of rotatable bonds is 5. The van der Waals surface area contributed by atoms with Crippen LogP contribution in [0.15, 0.2) is 73.1 Å². The van der Waals surface area contributed by atoms with E-state index in [1.807, 2.05) is 48.1 Å². The fraction of sp³-hybridized carbons (Fsp3) is 0.100. The van der Waals surface area contributed by atoms with Gasteiger partial charge in [-0.1, -0.05) is 42.5 Å². The maximum absolute atomic E-state index is 12.9. The molecule has 3 aromatic rings. The molecule has 1 unspecified atom stereocenters. The van der Waals surface area contributed by atoms with Gasteiger partial charge >= 0.3 is 0 Å². The number of carbonyl (C=O) groups is 1. The standard InChI is InChI=1S/C20H18FN3O/c1-24-14-13-22-20(24)19(16-5-3-2-4-6-16)23-18(25)12-9-15-7-10-17(21)11-8-15/h2-14,19H,1H3,(H,23,25)/b12-9+. The molecule has 4 nitrogen and oxygen atoms in total. The van der Waals surface area contributed by atoms with E-state index < -0.39 is 0 Å². The summed E-state index contributed by atoms with van der Waals surface area (Å²) in [6.45, 7) is 0. The second-order valence-corrected chi connectivity index (χ2v) is 5.63. The quantitative estimate of drug-likeness (QED) is 0.726. The van der Waals surface area contributed by atoms with Crippen molar-refractivity contribution >= 4 is 12.0 Å². The van der Waals surface area contributed by atoms with Gasteiger partial charge in [-0.2, -0.15) is 0 Å². The van der Waals surface area contributed by atoms with Crippen molar-refractivity contribution < 1.29 is 9.18 Å². The number of hydrogen-bond acceptors (Lipinski definition) is 2. The van der Waals surface area contributed by atoms with Crippen LogP contribution in [0.5, 0.6) is 0 Å². The van der Waals surface area contributed by atoms with Gasteiger partial charge in [0.25, 0.3) is 0 Å². The average molecular weight is 335 g/mol. The molecule has 0 aliphatic rings. The Hall–Kier alpha value is -3.21. The number of hydrogen-bond donors (Lipinski definition) is 1. The second-order valence-electron chi connectivity index (χ2n) is 5.63. The number of amides is 1. The molecule has 25 heavy (non-hydrogen) atoms. The van der Waals surface area contributed by atoms with E-state index >= 15 is 0 Å². The summed E-state index contributed by atoms with van der Waals surface area (Å²) < 4.78 is 14.8. The minimum atomic E-state index is -0.355. The Balaban J connectivity index is 1.79. The molecule has 1 heterocycles. The summed E-state index contributed by atoms with van der Waals surface area (Å²) in [5.41, 5.74) is 1.70. The smallest absolute Gasteiger partial charge is 0.244 e. The molecule has 0 saturated carbocycles. The average Bonchev–Trinajstić information content (AvgIpc) is 3.06. The molecule has 0 aliphatic heterocycles. The first-order chi connectivity index (χ1) is 12.1. The molecule has 0 bridgehead atoms. The Morgan fingerprint density at radius 3 is 2.52 bits per heavy atom. The highest BCUT2D eigenvalue weighted by molar-refractivity contribution is 5.92. The number of imidazole rings is 1. The third kappa shape index (κ3) is 4.20. The maximum atomic E-state index is 12.9. The Kier molecular flexibility index (Phi) is 5.04. The first-order valence-electron chi connectivity index (χ1n) is 7.90. The molecule has 0 aliphatic carbocycles. The summed E-state index contributed by atoms with van der Waals surface area (Å²) in [6, 6.07) is 15.3. The SMILES string of the molecule is Cn1ccnc1C(NC(=O)/C=C/c1ccc(F)cc1)c1ccccc1. The molecular formula is C20H18FN3O. The molecule has 1 atom stereocenters. The number of benzene rings is 2. The van der Waals surface area contributed by atoms with Crippen LogP contribution in [0.4, 0.5) is 4.39 Å². The van der Waals surface area contributed by atoms with Crippen LogP contribution in [-0.4, -0.2) is 15.5 Å². The monoisotopic (exact) mass is 335 g/mol. The van der Waals surface area contributed by atoms with Crippen LogP contribution in [0.25, 0.3) is 6.08 Å². The van der Waals surface area contributed by atoms with Crippen molar-refractivity contribution in [3.8, 4) is 0 Å². The lowest BCUT2D eigenvalue weighted by Gasteiger charge is -2.18. The van der Waals surface area contributed by atoms with E-state index in [0.29, 0.717) is 0 Å². The number of aryl methyl sites for hydroxylation is 1. The van der Waals surface area contributed by atoms with Crippen LogP contribution in [0.1, 0.15) is 23.0 Å². The number of carbonyl (C=O) groups excluding carboxylic acids is 1. The van der Waals surface area contributed by atoms with Gasteiger partial charge in [-0.05, 0) is 29.3 Å². The zero-order chi connectivity index (χ0) is 17.6. The van der Waals surface area contributed by atoms with Gasteiger partial charge in [-0.25, -0.2) is 9.37 Å². The minimum absolute atomic E-state index is 0.249. The summed E-state index contributed by atoms with van der Waals surface area (Å²) in [7, 11) is 1.89. The molecule has 3 rings (SSSR count). The molecule has 0 spiro atoms. The maximum Gasteiger partial charge on any atom is 0.244 e. The Morgan fingerprint density at radius 1 is 1.16 bits per heavy atom. The second kappa shape index (κ2) is 7.57. The molecule has 0 saturated heterocycles. The molecule has 126 valence electrons. The van der Waals surface area contributed by atoms with E-state index in [9.17, 15) is 9.18 Å².